The number of methoxy groups -OCH3 is 1. The molecule has 0 spiro atoms. The molecule has 1 aliphatic rings. The first kappa shape index (κ1) is 15.1. The van der Waals surface area contributed by atoms with E-state index in [9.17, 15) is 9.59 Å². The second-order valence-electron chi connectivity index (χ2n) is 5.32. The molecule has 8 heteroatoms. The summed E-state index contributed by atoms with van der Waals surface area (Å²) in [7, 11) is 1.29. The number of fused-ring (bicyclic) bond motifs is 1. The minimum absolute atomic E-state index is 0.190. The van der Waals surface area contributed by atoms with Gasteiger partial charge in [-0.25, -0.2) is 18.9 Å². The largest absolute Gasteiger partial charge is 0.468 e. The maximum Gasteiger partial charge on any atom is 0.351 e. The lowest BCUT2D eigenvalue weighted by Gasteiger charge is -2.20. The molecule has 118 valence electrons. The van der Waals surface area contributed by atoms with E-state index in [4.69, 9.17) is 0 Å². The van der Waals surface area contributed by atoms with Crippen molar-refractivity contribution in [2.45, 2.75) is 48.9 Å². The SMILES string of the molecule is COC(=O)Cn1nc2c(SC3CCCCC3)nccn2c1=O. The van der Waals surface area contributed by atoms with E-state index in [1.807, 2.05) is 0 Å². The van der Waals surface area contributed by atoms with Crippen LogP contribution in [0.15, 0.2) is 22.2 Å². The molecule has 0 N–H and O–H groups in total. The molecule has 3 rings (SSSR count). The second kappa shape index (κ2) is 6.51. The smallest absolute Gasteiger partial charge is 0.351 e. The minimum atomic E-state index is -0.500. The Kier molecular flexibility index (Phi) is 4.47. The van der Waals surface area contributed by atoms with Crippen molar-refractivity contribution in [3.05, 3.63) is 22.9 Å². The van der Waals surface area contributed by atoms with Crippen molar-refractivity contribution in [2.75, 3.05) is 7.11 Å². The quantitative estimate of drug-likeness (QED) is 0.794. The average molecular weight is 322 g/mol. The van der Waals surface area contributed by atoms with Crippen LogP contribution < -0.4 is 5.69 Å². The molecule has 2 aromatic rings. The Balaban J connectivity index is 1.92. The molecular weight excluding hydrogens is 304 g/mol. The molecule has 1 aliphatic carbocycles. The van der Waals surface area contributed by atoms with Gasteiger partial charge in [-0.2, -0.15) is 0 Å². The van der Waals surface area contributed by atoms with Crippen molar-refractivity contribution in [3.63, 3.8) is 0 Å². The Labute approximate surface area is 131 Å². The van der Waals surface area contributed by atoms with Crippen LogP contribution in [0.5, 0.6) is 0 Å². The van der Waals surface area contributed by atoms with Crippen molar-refractivity contribution >= 4 is 23.4 Å². The first-order valence-corrected chi connectivity index (χ1v) is 8.24. The molecule has 0 aromatic carbocycles. The minimum Gasteiger partial charge on any atom is -0.468 e. The Morgan fingerprint density at radius 3 is 2.91 bits per heavy atom. The first-order chi connectivity index (χ1) is 10.7. The van der Waals surface area contributed by atoms with Crippen LogP contribution in [0.1, 0.15) is 32.1 Å². The third-order valence-corrected chi connectivity index (χ3v) is 5.12. The van der Waals surface area contributed by atoms with Gasteiger partial charge in [-0.3, -0.25) is 4.79 Å². The van der Waals surface area contributed by atoms with Crippen LogP contribution in [0.2, 0.25) is 0 Å². The van der Waals surface area contributed by atoms with E-state index in [0.29, 0.717) is 10.9 Å². The Hall–Kier alpha value is -1.83. The van der Waals surface area contributed by atoms with E-state index in [0.717, 1.165) is 9.71 Å². The molecule has 22 heavy (non-hydrogen) atoms. The van der Waals surface area contributed by atoms with Gasteiger partial charge in [0.05, 0.1) is 7.11 Å². The summed E-state index contributed by atoms with van der Waals surface area (Å²) in [6.07, 6.45) is 9.28. The Morgan fingerprint density at radius 2 is 2.18 bits per heavy atom. The number of carbonyl (C=O) groups is 1. The van der Waals surface area contributed by atoms with Crippen molar-refractivity contribution in [3.8, 4) is 0 Å². The number of rotatable bonds is 4. The van der Waals surface area contributed by atoms with Gasteiger partial charge in [0.15, 0.2) is 5.65 Å². The first-order valence-electron chi connectivity index (χ1n) is 7.36. The van der Waals surface area contributed by atoms with Gasteiger partial charge < -0.3 is 4.74 Å². The highest BCUT2D eigenvalue weighted by atomic mass is 32.2. The fourth-order valence-electron chi connectivity index (χ4n) is 2.64. The monoisotopic (exact) mass is 322 g/mol. The summed E-state index contributed by atoms with van der Waals surface area (Å²) in [5.41, 5.74) is 0.153. The van der Waals surface area contributed by atoms with Gasteiger partial charge in [0.2, 0.25) is 0 Å². The third kappa shape index (κ3) is 3.01. The third-order valence-electron chi connectivity index (χ3n) is 3.81. The normalized spacial score (nSPS) is 16.0. The number of esters is 1. The van der Waals surface area contributed by atoms with Gasteiger partial charge in [-0.15, -0.1) is 5.10 Å². The van der Waals surface area contributed by atoms with Gasteiger partial charge >= 0.3 is 11.7 Å². The van der Waals surface area contributed by atoms with Crippen LogP contribution in [0.3, 0.4) is 0 Å². The van der Waals surface area contributed by atoms with E-state index in [1.165, 1.54) is 43.6 Å². The number of hydrogen-bond donors (Lipinski definition) is 0. The molecule has 2 aromatic heterocycles. The highest BCUT2D eigenvalue weighted by Crippen LogP contribution is 2.33. The van der Waals surface area contributed by atoms with E-state index in [1.54, 1.807) is 24.2 Å². The molecule has 0 saturated heterocycles. The highest BCUT2D eigenvalue weighted by molar-refractivity contribution is 8.00. The number of carbonyl (C=O) groups excluding carboxylic acids is 1. The fourth-order valence-corrected chi connectivity index (χ4v) is 3.89. The number of aromatic nitrogens is 4. The maximum absolute atomic E-state index is 12.2. The molecular formula is C14H18N4O3S. The summed E-state index contributed by atoms with van der Waals surface area (Å²) in [5.74, 6) is -0.500. The summed E-state index contributed by atoms with van der Waals surface area (Å²) >= 11 is 1.68. The molecule has 0 unspecified atom stereocenters. The van der Waals surface area contributed by atoms with Crippen molar-refractivity contribution in [1.29, 1.82) is 0 Å². The topological polar surface area (TPSA) is 78.5 Å². The Morgan fingerprint density at radius 1 is 1.41 bits per heavy atom. The lowest BCUT2D eigenvalue weighted by Crippen LogP contribution is -2.25. The van der Waals surface area contributed by atoms with Crippen LogP contribution in [0.4, 0.5) is 0 Å². The van der Waals surface area contributed by atoms with Gasteiger partial charge in [-0.1, -0.05) is 31.0 Å². The highest BCUT2D eigenvalue weighted by Gasteiger charge is 2.19. The summed E-state index contributed by atoms with van der Waals surface area (Å²) < 4.78 is 7.14. The number of ether oxygens (including phenoxy) is 1. The molecule has 2 heterocycles. The van der Waals surface area contributed by atoms with Crippen molar-refractivity contribution < 1.29 is 9.53 Å². The molecule has 0 amide bonds. The predicted molar refractivity (Wildman–Crippen MR) is 82.0 cm³/mol. The second-order valence-corrected chi connectivity index (χ2v) is 6.61. The lowest BCUT2D eigenvalue weighted by atomic mass is 10.0. The van der Waals surface area contributed by atoms with Gasteiger partial charge in [0.1, 0.15) is 11.6 Å². The zero-order valence-corrected chi connectivity index (χ0v) is 13.2. The molecule has 0 radical (unpaired) electrons. The van der Waals surface area contributed by atoms with Crippen molar-refractivity contribution in [2.24, 2.45) is 0 Å². The molecule has 0 atom stereocenters. The van der Waals surface area contributed by atoms with Gasteiger partial charge in [-0.05, 0) is 12.8 Å². The summed E-state index contributed by atoms with van der Waals surface area (Å²) in [6.45, 7) is -0.190. The summed E-state index contributed by atoms with van der Waals surface area (Å²) in [4.78, 5) is 28.0. The van der Waals surface area contributed by atoms with Crippen LogP contribution in [0.25, 0.3) is 5.65 Å². The fraction of sp³-hybridized carbons (Fsp3) is 0.571. The average Bonchev–Trinajstić information content (AvgIpc) is 2.86. The summed E-state index contributed by atoms with van der Waals surface area (Å²) in [5, 5.41) is 5.52. The van der Waals surface area contributed by atoms with E-state index < -0.39 is 5.97 Å². The van der Waals surface area contributed by atoms with Crippen LogP contribution in [-0.4, -0.2) is 37.5 Å². The van der Waals surface area contributed by atoms with Crippen LogP contribution >= 0.6 is 11.8 Å². The zero-order chi connectivity index (χ0) is 15.5. The summed E-state index contributed by atoms with van der Waals surface area (Å²) in [6, 6.07) is 0. The van der Waals surface area contributed by atoms with Crippen molar-refractivity contribution in [1.82, 2.24) is 19.2 Å². The van der Waals surface area contributed by atoms with Crippen LogP contribution in [-0.2, 0) is 16.1 Å². The molecule has 1 saturated carbocycles. The molecule has 0 bridgehead atoms. The predicted octanol–water partition coefficient (Wildman–Crippen LogP) is 1.49. The molecule has 0 aliphatic heterocycles. The van der Waals surface area contributed by atoms with E-state index in [2.05, 4.69) is 14.8 Å². The number of nitrogens with zero attached hydrogens (tertiary/aromatic N) is 4. The van der Waals surface area contributed by atoms with Gasteiger partial charge in [0, 0.05) is 17.6 Å². The Bertz CT molecular complexity index is 733. The lowest BCUT2D eigenvalue weighted by molar-refractivity contribution is -0.141. The molecule has 1 fully saturated rings. The standard InChI is InChI=1S/C14H18N4O3S/c1-21-11(19)9-18-14(20)17-8-7-15-13(12(17)16-18)22-10-5-3-2-4-6-10/h7-8,10H,2-6,9H2,1H3. The number of thioether (sulfide) groups is 1. The molecule has 7 nitrogen and oxygen atoms in total. The zero-order valence-electron chi connectivity index (χ0n) is 12.4. The van der Waals surface area contributed by atoms with E-state index in [-0.39, 0.29) is 12.2 Å². The van der Waals surface area contributed by atoms with Gasteiger partial charge in [0.25, 0.3) is 0 Å². The maximum atomic E-state index is 12.2. The van der Waals surface area contributed by atoms with Crippen LogP contribution in [0, 0.1) is 0 Å². The van der Waals surface area contributed by atoms with E-state index >= 15 is 0 Å². The number of hydrogen-bond acceptors (Lipinski definition) is 6.